The summed E-state index contributed by atoms with van der Waals surface area (Å²) in [5.74, 6) is -0.717. The van der Waals surface area contributed by atoms with Crippen LogP contribution >= 0.6 is 0 Å². The highest BCUT2D eigenvalue weighted by molar-refractivity contribution is 5.71. The van der Waals surface area contributed by atoms with Crippen LogP contribution in [-0.4, -0.2) is 45.2 Å². The van der Waals surface area contributed by atoms with E-state index in [0.29, 0.717) is 18.7 Å². The molecular formula is C16H17F4N3O2. The molecule has 1 N–H and O–H groups in total. The van der Waals surface area contributed by atoms with Crippen molar-refractivity contribution in [2.24, 2.45) is 4.99 Å². The van der Waals surface area contributed by atoms with Crippen LogP contribution in [0.3, 0.4) is 0 Å². The SMILES string of the molecule is Fc1cc([C@H]2CNCCO2)ccc1N1CC=NC=C1OCC(F)(F)F. The Morgan fingerprint density at radius 1 is 1.36 bits per heavy atom. The third-order valence-corrected chi connectivity index (χ3v) is 3.77. The summed E-state index contributed by atoms with van der Waals surface area (Å²) in [5, 5.41) is 3.16. The minimum atomic E-state index is -4.48. The topological polar surface area (TPSA) is 46.1 Å². The first-order valence-electron chi connectivity index (χ1n) is 7.75. The molecule has 5 nitrogen and oxygen atoms in total. The molecule has 3 rings (SSSR count). The van der Waals surface area contributed by atoms with Gasteiger partial charge in [-0.15, -0.1) is 0 Å². The molecule has 0 bridgehead atoms. The van der Waals surface area contributed by atoms with Crippen molar-refractivity contribution in [3.05, 3.63) is 41.7 Å². The Hall–Kier alpha value is -2.13. The molecule has 0 saturated carbocycles. The lowest BCUT2D eigenvalue weighted by Gasteiger charge is -2.29. The molecule has 2 heterocycles. The summed E-state index contributed by atoms with van der Waals surface area (Å²) >= 11 is 0. The number of rotatable bonds is 4. The standard InChI is InChI=1S/C16H17F4N3O2/c17-12-7-11(14-8-22-4-6-24-14)1-2-13(12)23-5-3-21-9-15(23)25-10-16(18,19)20/h1-3,7,9,14,22H,4-6,8,10H2/t14-/m1/s1. The number of hydrogen-bond donors (Lipinski definition) is 1. The average Bonchev–Trinajstić information content (AvgIpc) is 2.60. The van der Waals surface area contributed by atoms with E-state index in [9.17, 15) is 17.6 Å². The van der Waals surface area contributed by atoms with Gasteiger partial charge < -0.3 is 19.7 Å². The maximum absolute atomic E-state index is 14.6. The zero-order valence-corrected chi connectivity index (χ0v) is 13.2. The van der Waals surface area contributed by atoms with E-state index < -0.39 is 18.6 Å². The van der Waals surface area contributed by atoms with Crippen LogP contribution in [0.2, 0.25) is 0 Å². The molecule has 136 valence electrons. The van der Waals surface area contributed by atoms with Crippen LogP contribution in [0, 0.1) is 5.82 Å². The van der Waals surface area contributed by atoms with Crippen LogP contribution in [0.4, 0.5) is 23.2 Å². The number of hydrogen-bond acceptors (Lipinski definition) is 5. The number of nitrogens with zero attached hydrogens (tertiary/aromatic N) is 2. The maximum atomic E-state index is 14.6. The van der Waals surface area contributed by atoms with Crippen LogP contribution in [0.25, 0.3) is 0 Å². The van der Waals surface area contributed by atoms with Crippen LogP contribution in [-0.2, 0) is 9.47 Å². The predicted molar refractivity (Wildman–Crippen MR) is 83.9 cm³/mol. The van der Waals surface area contributed by atoms with E-state index in [0.717, 1.165) is 12.7 Å². The van der Waals surface area contributed by atoms with Crippen molar-refractivity contribution in [2.45, 2.75) is 12.3 Å². The Morgan fingerprint density at radius 3 is 2.88 bits per heavy atom. The zero-order valence-electron chi connectivity index (χ0n) is 13.2. The monoisotopic (exact) mass is 359 g/mol. The van der Waals surface area contributed by atoms with Gasteiger partial charge in [0.1, 0.15) is 5.82 Å². The van der Waals surface area contributed by atoms with Gasteiger partial charge in [-0.25, -0.2) is 4.39 Å². The molecule has 25 heavy (non-hydrogen) atoms. The third-order valence-electron chi connectivity index (χ3n) is 3.77. The molecule has 0 aromatic heterocycles. The second-order valence-corrected chi connectivity index (χ2v) is 5.59. The van der Waals surface area contributed by atoms with Gasteiger partial charge in [-0.1, -0.05) is 6.07 Å². The Balaban J connectivity index is 1.77. The Labute approximate surface area is 141 Å². The van der Waals surface area contributed by atoms with E-state index in [2.05, 4.69) is 10.3 Å². The van der Waals surface area contributed by atoms with Crippen molar-refractivity contribution in [3.63, 3.8) is 0 Å². The average molecular weight is 359 g/mol. The van der Waals surface area contributed by atoms with Crippen molar-refractivity contribution >= 4 is 11.9 Å². The fraction of sp³-hybridized carbons (Fsp3) is 0.438. The van der Waals surface area contributed by atoms with E-state index in [1.165, 1.54) is 23.2 Å². The molecule has 0 aliphatic carbocycles. The quantitative estimate of drug-likeness (QED) is 0.840. The molecule has 1 aromatic rings. The number of halogens is 4. The van der Waals surface area contributed by atoms with E-state index in [1.54, 1.807) is 6.07 Å². The van der Waals surface area contributed by atoms with Gasteiger partial charge >= 0.3 is 6.18 Å². The normalized spacial score (nSPS) is 21.2. The molecule has 0 amide bonds. The Bertz CT molecular complexity index is 670. The largest absolute Gasteiger partial charge is 0.468 e. The number of benzene rings is 1. The molecule has 1 saturated heterocycles. The molecule has 1 fully saturated rings. The lowest BCUT2D eigenvalue weighted by Crippen LogP contribution is -2.33. The first-order valence-corrected chi connectivity index (χ1v) is 7.75. The van der Waals surface area contributed by atoms with E-state index in [1.807, 2.05) is 0 Å². The summed E-state index contributed by atoms with van der Waals surface area (Å²) in [4.78, 5) is 5.09. The first kappa shape index (κ1) is 17.7. The highest BCUT2D eigenvalue weighted by Gasteiger charge is 2.30. The first-order chi connectivity index (χ1) is 11.9. The molecule has 0 spiro atoms. The second-order valence-electron chi connectivity index (χ2n) is 5.59. The van der Waals surface area contributed by atoms with Crippen LogP contribution in [0.15, 0.2) is 35.3 Å². The molecule has 0 radical (unpaired) electrons. The highest BCUT2D eigenvalue weighted by atomic mass is 19.4. The zero-order chi connectivity index (χ0) is 17.9. The van der Waals surface area contributed by atoms with Gasteiger partial charge in [-0.2, -0.15) is 13.2 Å². The molecule has 1 aromatic carbocycles. The van der Waals surface area contributed by atoms with Gasteiger partial charge in [0.15, 0.2) is 6.61 Å². The highest BCUT2D eigenvalue weighted by Crippen LogP contribution is 2.29. The van der Waals surface area contributed by atoms with Gasteiger partial charge in [0.2, 0.25) is 5.88 Å². The molecule has 9 heteroatoms. The molecule has 1 atom stereocenters. The summed E-state index contributed by atoms with van der Waals surface area (Å²) < 4.78 is 62.0. The van der Waals surface area contributed by atoms with Crippen molar-refractivity contribution in [1.29, 1.82) is 0 Å². The molecule has 2 aliphatic rings. The number of ether oxygens (including phenoxy) is 2. The fourth-order valence-corrected chi connectivity index (χ4v) is 2.61. The van der Waals surface area contributed by atoms with Gasteiger partial charge in [-0.05, 0) is 17.7 Å². The number of nitrogens with one attached hydrogen (secondary N) is 1. The van der Waals surface area contributed by atoms with E-state index in [4.69, 9.17) is 9.47 Å². The molecular weight excluding hydrogens is 342 g/mol. The summed E-state index contributed by atoms with van der Waals surface area (Å²) in [5.41, 5.74) is 0.785. The van der Waals surface area contributed by atoms with Crippen LogP contribution in [0.1, 0.15) is 11.7 Å². The summed E-state index contributed by atoms with van der Waals surface area (Å²) in [6.45, 7) is 0.506. The predicted octanol–water partition coefficient (Wildman–Crippen LogP) is 2.76. The van der Waals surface area contributed by atoms with Gasteiger partial charge in [0, 0.05) is 19.3 Å². The van der Waals surface area contributed by atoms with Crippen molar-refractivity contribution < 1.29 is 27.0 Å². The van der Waals surface area contributed by atoms with Crippen molar-refractivity contribution in [3.8, 4) is 0 Å². The lowest BCUT2D eigenvalue weighted by atomic mass is 10.1. The number of morpholine rings is 1. The number of anilines is 1. The van der Waals surface area contributed by atoms with Crippen LogP contribution in [0.5, 0.6) is 0 Å². The van der Waals surface area contributed by atoms with Crippen LogP contribution < -0.4 is 10.2 Å². The van der Waals surface area contributed by atoms with E-state index in [-0.39, 0.29) is 24.2 Å². The van der Waals surface area contributed by atoms with E-state index >= 15 is 0 Å². The van der Waals surface area contributed by atoms with Gasteiger partial charge in [0.25, 0.3) is 0 Å². The summed E-state index contributed by atoms with van der Waals surface area (Å²) in [7, 11) is 0. The third kappa shape index (κ3) is 4.49. The Morgan fingerprint density at radius 2 is 2.20 bits per heavy atom. The van der Waals surface area contributed by atoms with Crippen molar-refractivity contribution in [1.82, 2.24) is 5.32 Å². The minimum absolute atomic E-state index is 0.113. The minimum Gasteiger partial charge on any atom is -0.468 e. The summed E-state index contributed by atoms with van der Waals surface area (Å²) in [6, 6.07) is 4.54. The second kappa shape index (κ2) is 7.40. The number of alkyl halides is 3. The van der Waals surface area contributed by atoms with Gasteiger partial charge in [-0.3, -0.25) is 4.99 Å². The van der Waals surface area contributed by atoms with Gasteiger partial charge in [0.05, 0.1) is 31.1 Å². The number of aliphatic imine (C=N–C) groups is 1. The van der Waals surface area contributed by atoms with Crippen molar-refractivity contribution in [2.75, 3.05) is 37.7 Å². The summed E-state index contributed by atoms with van der Waals surface area (Å²) in [6.07, 6.45) is -2.14. The lowest BCUT2D eigenvalue weighted by molar-refractivity contribution is -0.165. The smallest absolute Gasteiger partial charge is 0.422 e. The maximum Gasteiger partial charge on any atom is 0.422 e. The Kier molecular flexibility index (Phi) is 5.24. The fourth-order valence-electron chi connectivity index (χ4n) is 2.61. The molecule has 2 aliphatic heterocycles. The molecule has 0 unspecified atom stereocenters.